The van der Waals surface area contributed by atoms with E-state index in [1.807, 2.05) is 0 Å². The fourth-order valence-electron chi connectivity index (χ4n) is 1.76. The van der Waals surface area contributed by atoms with Crippen LogP contribution in [0.4, 0.5) is 0 Å². The zero-order chi connectivity index (χ0) is 13.0. The van der Waals surface area contributed by atoms with Crippen LogP contribution in [-0.4, -0.2) is 40.9 Å². The number of hydrogen-bond donors (Lipinski definition) is 1. The van der Waals surface area contributed by atoms with Crippen molar-refractivity contribution in [2.75, 3.05) is 6.61 Å². The van der Waals surface area contributed by atoms with E-state index in [4.69, 9.17) is 5.14 Å². The second-order valence-electron chi connectivity index (χ2n) is 4.50. The predicted molar refractivity (Wildman–Crippen MR) is 80.8 cm³/mol. The van der Waals surface area contributed by atoms with Gasteiger partial charge in [-0.05, 0) is 6.42 Å². The van der Waals surface area contributed by atoms with Gasteiger partial charge in [-0.2, -0.15) is 8.42 Å². The van der Waals surface area contributed by atoms with Crippen LogP contribution in [0.25, 0.3) is 0 Å². The SMILES string of the molecule is CCCCCCCCCCCCOS(N)(=O)=O.[InH3]. The van der Waals surface area contributed by atoms with Crippen LogP contribution < -0.4 is 5.14 Å². The summed E-state index contributed by atoms with van der Waals surface area (Å²) in [5, 5.41) is 4.71. The normalized spacial score (nSPS) is 11.2. The molecule has 0 amide bonds. The Morgan fingerprint density at radius 2 is 1.22 bits per heavy atom. The van der Waals surface area contributed by atoms with Crippen molar-refractivity contribution in [1.82, 2.24) is 0 Å². The quantitative estimate of drug-likeness (QED) is 0.524. The Bertz CT molecular complexity index is 258. The van der Waals surface area contributed by atoms with Crippen LogP contribution in [0.5, 0.6) is 0 Å². The first-order valence-electron chi connectivity index (χ1n) is 6.73. The van der Waals surface area contributed by atoms with E-state index in [0.717, 1.165) is 19.3 Å². The summed E-state index contributed by atoms with van der Waals surface area (Å²) in [5.74, 6) is 0. The van der Waals surface area contributed by atoms with Crippen LogP contribution in [-0.2, 0) is 14.5 Å². The van der Waals surface area contributed by atoms with E-state index in [1.54, 1.807) is 0 Å². The van der Waals surface area contributed by atoms with Crippen molar-refractivity contribution in [3.8, 4) is 0 Å². The number of nitrogens with two attached hydrogens (primary N) is 1. The van der Waals surface area contributed by atoms with Crippen molar-refractivity contribution in [2.45, 2.75) is 71.1 Å². The van der Waals surface area contributed by atoms with Crippen LogP contribution >= 0.6 is 0 Å². The van der Waals surface area contributed by atoms with Gasteiger partial charge in [0, 0.05) is 0 Å². The van der Waals surface area contributed by atoms with Crippen molar-refractivity contribution in [3.63, 3.8) is 0 Å². The summed E-state index contributed by atoms with van der Waals surface area (Å²) >= 11 is 0. The Morgan fingerprint density at radius 1 is 0.833 bits per heavy atom. The Labute approximate surface area is 131 Å². The van der Waals surface area contributed by atoms with Crippen molar-refractivity contribution in [1.29, 1.82) is 0 Å². The molecule has 0 aliphatic rings. The Kier molecular flexibility index (Phi) is 16.6. The molecule has 6 heteroatoms. The average molecular weight is 383 g/mol. The van der Waals surface area contributed by atoms with Crippen molar-refractivity contribution < 1.29 is 12.6 Å². The molecule has 0 aliphatic heterocycles. The molecular weight excluding hydrogens is 353 g/mol. The molecule has 2 N–H and O–H groups in total. The maximum absolute atomic E-state index is 10.4. The Balaban J connectivity index is 0. The van der Waals surface area contributed by atoms with E-state index in [1.165, 1.54) is 44.9 Å². The molecule has 0 fully saturated rings. The van der Waals surface area contributed by atoms with Gasteiger partial charge in [0.05, 0.1) is 6.61 Å². The van der Waals surface area contributed by atoms with Crippen molar-refractivity contribution in [3.05, 3.63) is 0 Å². The van der Waals surface area contributed by atoms with Gasteiger partial charge in [0.1, 0.15) is 0 Å². The molecular formula is C12H30InNO3S. The first kappa shape index (κ1) is 21.0. The van der Waals surface area contributed by atoms with E-state index in [9.17, 15) is 8.42 Å². The van der Waals surface area contributed by atoms with E-state index < -0.39 is 10.3 Å². The molecule has 0 atom stereocenters. The Morgan fingerprint density at radius 3 is 1.61 bits per heavy atom. The van der Waals surface area contributed by atoms with E-state index in [-0.39, 0.29) is 32.5 Å². The van der Waals surface area contributed by atoms with Gasteiger partial charge < -0.3 is 0 Å². The monoisotopic (exact) mass is 383 g/mol. The molecule has 18 heavy (non-hydrogen) atoms. The van der Waals surface area contributed by atoms with Crippen molar-refractivity contribution in [2.24, 2.45) is 5.14 Å². The summed E-state index contributed by atoms with van der Waals surface area (Å²) in [6.07, 6.45) is 12.2. The predicted octanol–water partition coefficient (Wildman–Crippen LogP) is 1.94. The molecule has 0 saturated heterocycles. The summed E-state index contributed by atoms with van der Waals surface area (Å²) < 4.78 is 25.3. The number of rotatable bonds is 12. The first-order chi connectivity index (χ1) is 8.06. The fourth-order valence-corrected chi connectivity index (χ4v) is 2.11. The standard InChI is InChI=1S/C12H27NO3S.In.3H/c1-2-3-4-5-6-7-8-9-10-11-12-16-17(13,14)15;;;;/h2-12H2,1H3,(H2,13,14,15);;;;. The summed E-state index contributed by atoms with van der Waals surface area (Å²) in [7, 11) is -3.73. The average Bonchev–Trinajstić information content (AvgIpc) is 2.24. The molecule has 0 rings (SSSR count). The second kappa shape index (κ2) is 14.2. The zero-order valence-corrected chi connectivity index (χ0v) is 11.8. The van der Waals surface area contributed by atoms with Gasteiger partial charge in [0.25, 0.3) is 0 Å². The summed E-state index contributed by atoms with van der Waals surface area (Å²) in [6, 6.07) is 0. The molecule has 0 aromatic rings. The summed E-state index contributed by atoms with van der Waals surface area (Å²) in [5.41, 5.74) is 0. The van der Waals surface area contributed by atoms with E-state index in [0.29, 0.717) is 0 Å². The zero-order valence-electron chi connectivity index (χ0n) is 11.0. The minimum absolute atomic E-state index is 0. The Hall–Kier alpha value is 0.740. The summed E-state index contributed by atoms with van der Waals surface area (Å²) in [6.45, 7) is 2.44. The van der Waals surface area contributed by atoms with Crippen LogP contribution in [0.3, 0.4) is 0 Å². The van der Waals surface area contributed by atoms with Crippen LogP contribution in [0.1, 0.15) is 71.1 Å². The van der Waals surface area contributed by atoms with Crippen LogP contribution in [0.15, 0.2) is 0 Å². The third-order valence-corrected chi connectivity index (χ3v) is 3.24. The summed E-state index contributed by atoms with van der Waals surface area (Å²) in [4.78, 5) is 0. The van der Waals surface area contributed by atoms with Crippen LogP contribution in [0.2, 0.25) is 0 Å². The van der Waals surface area contributed by atoms with Gasteiger partial charge in [-0.15, -0.1) is 0 Å². The van der Waals surface area contributed by atoms with Gasteiger partial charge in [-0.25, -0.2) is 5.14 Å². The first-order valence-corrected chi connectivity index (χ1v) is 8.20. The molecule has 0 heterocycles. The molecule has 0 aromatic heterocycles. The van der Waals surface area contributed by atoms with Crippen LogP contribution in [0, 0.1) is 0 Å². The molecule has 4 nitrogen and oxygen atoms in total. The molecule has 0 spiro atoms. The third-order valence-electron chi connectivity index (χ3n) is 2.75. The molecule has 0 bridgehead atoms. The maximum atomic E-state index is 10.4. The topological polar surface area (TPSA) is 69.4 Å². The molecule has 0 saturated carbocycles. The third kappa shape index (κ3) is 19.1. The van der Waals surface area contributed by atoms with E-state index in [2.05, 4.69) is 11.1 Å². The van der Waals surface area contributed by atoms with Gasteiger partial charge >= 0.3 is 36.1 Å². The number of hydrogen-bond acceptors (Lipinski definition) is 3. The van der Waals surface area contributed by atoms with Gasteiger partial charge in [0.2, 0.25) is 0 Å². The molecule has 110 valence electrons. The fraction of sp³-hybridized carbons (Fsp3) is 1.00. The van der Waals surface area contributed by atoms with Crippen molar-refractivity contribution >= 4 is 36.1 Å². The minimum atomic E-state index is -3.73. The second-order valence-corrected chi connectivity index (χ2v) is 5.72. The van der Waals surface area contributed by atoms with Gasteiger partial charge in [-0.1, -0.05) is 64.7 Å². The molecule has 0 aliphatic carbocycles. The molecule has 0 unspecified atom stereocenters. The molecule has 0 aromatic carbocycles. The van der Waals surface area contributed by atoms with Gasteiger partial charge in [0.15, 0.2) is 0 Å². The van der Waals surface area contributed by atoms with E-state index >= 15 is 0 Å². The van der Waals surface area contributed by atoms with Gasteiger partial charge in [-0.3, -0.25) is 4.18 Å². The number of unbranched alkanes of at least 4 members (excludes halogenated alkanes) is 9. The molecule has 0 radical (unpaired) electrons.